The summed E-state index contributed by atoms with van der Waals surface area (Å²) in [5.74, 6) is -0.684. The molecule has 0 spiro atoms. The average Bonchev–Trinajstić information content (AvgIpc) is 2.81. The summed E-state index contributed by atoms with van der Waals surface area (Å²) in [5, 5.41) is 2.46. The van der Waals surface area contributed by atoms with Crippen LogP contribution in [0.5, 0.6) is 5.75 Å². The van der Waals surface area contributed by atoms with Crippen molar-refractivity contribution in [2.24, 2.45) is 0 Å². The summed E-state index contributed by atoms with van der Waals surface area (Å²) in [6.45, 7) is 4.25. The molecule has 0 aliphatic rings. The van der Waals surface area contributed by atoms with E-state index in [9.17, 15) is 31.2 Å². The Labute approximate surface area is 225 Å². The molecule has 8 nitrogen and oxygen atoms in total. The second kappa shape index (κ2) is 12.7. The highest BCUT2D eigenvalue weighted by atomic mass is 35.5. The van der Waals surface area contributed by atoms with Gasteiger partial charge in [-0.25, -0.2) is 8.42 Å². The second-order valence-electron chi connectivity index (χ2n) is 8.89. The first-order valence-corrected chi connectivity index (χ1v) is 13.9. The minimum absolute atomic E-state index is 0.0687. The van der Waals surface area contributed by atoms with Gasteiger partial charge in [0.15, 0.2) is 0 Å². The summed E-state index contributed by atoms with van der Waals surface area (Å²) < 4.78 is 71.1. The first-order chi connectivity index (χ1) is 17.6. The number of carbonyl (C=O) groups is 2. The molecule has 0 radical (unpaired) electrons. The molecule has 0 unspecified atom stereocenters. The van der Waals surface area contributed by atoms with E-state index in [2.05, 4.69) is 5.32 Å². The lowest BCUT2D eigenvalue weighted by molar-refractivity contribution is -0.140. The van der Waals surface area contributed by atoms with Gasteiger partial charge in [-0.2, -0.15) is 13.2 Å². The smallest absolute Gasteiger partial charge is 0.416 e. The standard InChI is InChI=1S/C25H31ClF3N3O5S/c1-6-21(24(34)30-16(2)3)31(14-17-7-10-19(37-4)11-8-17)23(33)15-32(38(5,35)36)22-13-18(25(27,28)29)9-12-20(22)26/h7-13,16,21H,6,14-15H2,1-5H3,(H,30,34)/t21-/m0/s1. The lowest BCUT2D eigenvalue weighted by Gasteiger charge is -2.33. The van der Waals surface area contributed by atoms with Crippen LogP contribution in [0.15, 0.2) is 42.5 Å². The number of ether oxygens (including phenoxy) is 1. The third kappa shape index (κ3) is 8.26. The van der Waals surface area contributed by atoms with Crippen molar-refractivity contribution >= 4 is 39.1 Å². The molecule has 0 saturated carbocycles. The van der Waals surface area contributed by atoms with Crippen molar-refractivity contribution in [1.82, 2.24) is 10.2 Å². The van der Waals surface area contributed by atoms with E-state index in [1.165, 1.54) is 12.0 Å². The van der Waals surface area contributed by atoms with E-state index in [-0.39, 0.29) is 24.0 Å². The SMILES string of the molecule is CC[C@@H](C(=O)NC(C)C)N(Cc1ccc(OC)cc1)C(=O)CN(c1cc(C(F)(F)F)ccc1Cl)S(C)(=O)=O. The van der Waals surface area contributed by atoms with Crippen LogP contribution in [0.2, 0.25) is 5.02 Å². The van der Waals surface area contributed by atoms with Crippen LogP contribution in [0.4, 0.5) is 18.9 Å². The predicted molar refractivity (Wildman–Crippen MR) is 140 cm³/mol. The first-order valence-electron chi connectivity index (χ1n) is 11.7. The number of nitrogens with zero attached hydrogens (tertiary/aromatic N) is 2. The van der Waals surface area contributed by atoms with Gasteiger partial charge in [0.2, 0.25) is 21.8 Å². The van der Waals surface area contributed by atoms with E-state index in [0.717, 1.165) is 12.3 Å². The lowest BCUT2D eigenvalue weighted by Crippen LogP contribution is -2.53. The van der Waals surface area contributed by atoms with Gasteiger partial charge in [-0.1, -0.05) is 30.7 Å². The van der Waals surface area contributed by atoms with Gasteiger partial charge in [-0.3, -0.25) is 13.9 Å². The van der Waals surface area contributed by atoms with E-state index >= 15 is 0 Å². The Kier molecular flexibility index (Phi) is 10.4. The van der Waals surface area contributed by atoms with Gasteiger partial charge in [0.1, 0.15) is 18.3 Å². The molecule has 1 atom stereocenters. The summed E-state index contributed by atoms with van der Waals surface area (Å²) in [6.07, 6.45) is -3.81. The Morgan fingerprint density at radius 3 is 2.18 bits per heavy atom. The first kappa shape index (κ1) is 31.2. The third-order valence-corrected chi connectivity index (χ3v) is 7.00. The molecule has 0 bridgehead atoms. The molecular formula is C25H31ClF3N3O5S. The Hall–Kier alpha value is -2.99. The fraction of sp³-hybridized carbons (Fsp3) is 0.440. The molecule has 210 valence electrons. The molecule has 0 aliphatic carbocycles. The minimum Gasteiger partial charge on any atom is -0.497 e. The number of hydrogen-bond donors (Lipinski definition) is 1. The molecule has 38 heavy (non-hydrogen) atoms. The number of rotatable bonds is 11. The van der Waals surface area contributed by atoms with E-state index in [1.807, 2.05) is 0 Å². The van der Waals surface area contributed by atoms with Gasteiger partial charge in [-0.15, -0.1) is 0 Å². The number of benzene rings is 2. The van der Waals surface area contributed by atoms with Gasteiger partial charge in [0.25, 0.3) is 0 Å². The van der Waals surface area contributed by atoms with Gasteiger partial charge in [0.05, 0.1) is 29.6 Å². The zero-order valence-electron chi connectivity index (χ0n) is 21.7. The van der Waals surface area contributed by atoms with Crippen LogP contribution >= 0.6 is 11.6 Å². The van der Waals surface area contributed by atoms with Gasteiger partial charge in [0, 0.05) is 12.6 Å². The second-order valence-corrected chi connectivity index (χ2v) is 11.2. The number of methoxy groups -OCH3 is 1. The number of alkyl halides is 3. The summed E-state index contributed by atoms with van der Waals surface area (Å²) in [6, 6.07) is 7.70. The number of hydrogen-bond acceptors (Lipinski definition) is 5. The lowest BCUT2D eigenvalue weighted by atomic mass is 10.1. The fourth-order valence-electron chi connectivity index (χ4n) is 3.70. The van der Waals surface area contributed by atoms with Crippen molar-refractivity contribution in [2.75, 3.05) is 24.2 Å². The number of sulfonamides is 1. The highest BCUT2D eigenvalue weighted by molar-refractivity contribution is 7.92. The zero-order valence-corrected chi connectivity index (χ0v) is 23.2. The van der Waals surface area contributed by atoms with Crippen molar-refractivity contribution in [1.29, 1.82) is 0 Å². The molecule has 13 heteroatoms. The van der Waals surface area contributed by atoms with Crippen LogP contribution in [0, 0.1) is 0 Å². The quantitative estimate of drug-likeness (QED) is 0.425. The molecule has 0 saturated heterocycles. The van der Waals surface area contributed by atoms with Crippen molar-refractivity contribution in [3.05, 3.63) is 58.6 Å². The van der Waals surface area contributed by atoms with E-state index in [1.54, 1.807) is 45.0 Å². The zero-order chi connectivity index (χ0) is 28.8. The molecular weight excluding hydrogens is 547 g/mol. The third-order valence-electron chi connectivity index (χ3n) is 5.55. The van der Waals surface area contributed by atoms with Crippen LogP contribution in [0.1, 0.15) is 38.3 Å². The Balaban J connectivity index is 2.54. The molecule has 2 aromatic rings. The molecule has 2 aromatic carbocycles. The van der Waals surface area contributed by atoms with Crippen molar-refractivity contribution in [3.63, 3.8) is 0 Å². The van der Waals surface area contributed by atoms with Crippen LogP contribution in [-0.2, 0) is 32.3 Å². The molecule has 2 amide bonds. The summed E-state index contributed by atoms with van der Waals surface area (Å²) in [4.78, 5) is 27.8. The maximum Gasteiger partial charge on any atom is 0.416 e. The summed E-state index contributed by atoms with van der Waals surface area (Å²) >= 11 is 6.09. The Morgan fingerprint density at radius 2 is 1.71 bits per heavy atom. The predicted octanol–water partition coefficient (Wildman–Crippen LogP) is 4.47. The average molecular weight is 578 g/mol. The highest BCUT2D eigenvalue weighted by Gasteiger charge is 2.35. The van der Waals surface area contributed by atoms with Crippen molar-refractivity contribution in [2.45, 2.75) is 52.0 Å². The molecule has 0 fully saturated rings. The van der Waals surface area contributed by atoms with Crippen LogP contribution < -0.4 is 14.4 Å². The molecule has 0 aliphatic heterocycles. The van der Waals surface area contributed by atoms with Crippen LogP contribution in [-0.4, -0.2) is 57.1 Å². The normalized spacial score (nSPS) is 12.7. The number of carbonyl (C=O) groups excluding carboxylic acids is 2. The van der Waals surface area contributed by atoms with Crippen LogP contribution in [0.25, 0.3) is 0 Å². The molecule has 0 heterocycles. The topological polar surface area (TPSA) is 96.0 Å². The maximum absolute atomic E-state index is 13.6. The molecule has 2 rings (SSSR count). The number of nitrogens with one attached hydrogen (secondary N) is 1. The van der Waals surface area contributed by atoms with Gasteiger partial charge in [-0.05, 0) is 56.2 Å². The van der Waals surface area contributed by atoms with Gasteiger partial charge < -0.3 is 15.0 Å². The number of amides is 2. The molecule has 1 N–H and O–H groups in total. The highest BCUT2D eigenvalue weighted by Crippen LogP contribution is 2.36. The van der Waals surface area contributed by atoms with Gasteiger partial charge >= 0.3 is 6.18 Å². The molecule has 0 aromatic heterocycles. The van der Waals surface area contributed by atoms with E-state index < -0.39 is 51.9 Å². The number of anilines is 1. The minimum atomic E-state index is -4.77. The maximum atomic E-state index is 13.6. The van der Waals surface area contributed by atoms with E-state index in [4.69, 9.17) is 16.3 Å². The number of halogens is 4. The largest absolute Gasteiger partial charge is 0.497 e. The van der Waals surface area contributed by atoms with Crippen molar-refractivity contribution in [3.8, 4) is 5.75 Å². The summed E-state index contributed by atoms with van der Waals surface area (Å²) in [5.41, 5.74) is -1.00. The van der Waals surface area contributed by atoms with Crippen LogP contribution in [0.3, 0.4) is 0 Å². The summed E-state index contributed by atoms with van der Waals surface area (Å²) in [7, 11) is -2.77. The Bertz CT molecular complexity index is 1240. The fourth-order valence-corrected chi connectivity index (χ4v) is 4.83. The van der Waals surface area contributed by atoms with Crippen molar-refractivity contribution < 1.29 is 35.9 Å². The Morgan fingerprint density at radius 1 is 1.11 bits per heavy atom. The van der Waals surface area contributed by atoms with E-state index in [0.29, 0.717) is 27.8 Å². The monoisotopic (exact) mass is 577 g/mol.